The van der Waals surface area contributed by atoms with Crippen LogP contribution in [0.1, 0.15) is 20.8 Å². The summed E-state index contributed by atoms with van der Waals surface area (Å²) in [5.41, 5.74) is 0.363. The second kappa shape index (κ2) is 4.72. The van der Waals surface area contributed by atoms with Gasteiger partial charge in [0, 0.05) is 6.20 Å². The number of hydrogen-bond acceptors (Lipinski definition) is 4. The summed E-state index contributed by atoms with van der Waals surface area (Å²) in [5.74, 6) is 0. The van der Waals surface area contributed by atoms with Gasteiger partial charge < -0.3 is 14.8 Å². The summed E-state index contributed by atoms with van der Waals surface area (Å²) in [6, 6.07) is 6.66. The summed E-state index contributed by atoms with van der Waals surface area (Å²) in [4.78, 5) is 12.0. The number of aromatic nitrogens is 1. The summed E-state index contributed by atoms with van der Waals surface area (Å²) in [6.07, 6.45) is 1.07. The Hall–Kier alpha value is -1.79. The van der Waals surface area contributed by atoms with Crippen LogP contribution in [0.25, 0.3) is 10.9 Å². The largest absolute Gasteiger partial charge is 0.489 e. The van der Waals surface area contributed by atoms with E-state index >= 15 is 0 Å². The van der Waals surface area contributed by atoms with Crippen molar-refractivity contribution in [3.8, 4) is 0 Å². The third kappa shape index (κ3) is 2.80. The molecule has 0 aliphatic rings. The zero-order valence-corrected chi connectivity index (χ0v) is 11.1. The van der Waals surface area contributed by atoms with Crippen molar-refractivity contribution in [2.45, 2.75) is 26.4 Å². The second-order valence-corrected chi connectivity index (χ2v) is 5.32. The van der Waals surface area contributed by atoms with Crippen LogP contribution in [0.3, 0.4) is 0 Å². The van der Waals surface area contributed by atoms with Crippen LogP contribution in [-0.2, 0) is 4.74 Å². The molecule has 1 aromatic carbocycles. The molecule has 0 unspecified atom stereocenters. The molecule has 0 aliphatic heterocycles. The van der Waals surface area contributed by atoms with E-state index in [4.69, 9.17) is 4.74 Å². The van der Waals surface area contributed by atoms with Crippen molar-refractivity contribution in [1.29, 1.82) is 0 Å². The number of carbonyl (C=O) groups excluding carboxylic acids is 1. The molecule has 2 aromatic rings. The first-order valence-electron chi connectivity index (χ1n) is 5.99. The molecule has 19 heavy (non-hydrogen) atoms. The SMILES string of the molecule is CC(C)(C)OC(=O)n1ccc2c(B(O)O)cccc21. The first-order chi connectivity index (χ1) is 8.79. The number of benzene rings is 1. The van der Waals surface area contributed by atoms with E-state index in [-0.39, 0.29) is 0 Å². The van der Waals surface area contributed by atoms with Gasteiger partial charge in [-0.25, -0.2) is 4.79 Å². The molecule has 0 saturated heterocycles. The molecule has 0 amide bonds. The number of carbonyl (C=O) groups is 1. The van der Waals surface area contributed by atoms with E-state index in [1.54, 1.807) is 51.2 Å². The van der Waals surface area contributed by atoms with Crippen LogP contribution in [0.5, 0.6) is 0 Å². The Kier molecular flexibility index (Phi) is 3.39. The molecule has 0 bridgehead atoms. The van der Waals surface area contributed by atoms with E-state index in [2.05, 4.69) is 0 Å². The minimum Gasteiger partial charge on any atom is -0.443 e. The summed E-state index contributed by atoms with van der Waals surface area (Å²) < 4.78 is 6.64. The highest BCUT2D eigenvalue weighted by molar-refractivity contribution is 6.61. The van der Waals surface area contributed by atoms with Crippen LogP contribution in [0.15, 0.2) is 30.5 Å². The molecule has 2 N–H and O–H groups in total. The van der Waals surface area contributed by atoms with E-state index in [1.807, 2.05) is 0 Å². The number of nitrogens with zero attached hydrogens (tertiary/aromatic N) is 1. The highest BCUT2D eigenvalue weighted by atomic mass is 16.6. The van der Waals surface area contributed by atoms with Gasteiger partial charge in [0.1, 0.15) is 5.60 Å². The molecule has 100 valence electrons. The Bertz CT molecular complexity index is 613. The number of fused-ring (bicyclic) bond motifs is 1. The Morgan fingerprint density at radius 3 is 2.53 bits per heavy atom. The second-order valence-electron chi connectivity index (χ2n) is 5.32. The molecular formula is C13H16BNO4. The van der Waals surface area contributed by atoms with Gasteiger partial charge in [-0.15, -0.1) is 0 Å². The van der Waals surface area contributed by atoms with Crippen molar-refractivity contribution in [1.82, 2.24) is 4.57 Å². The maximum Gasteiger partial charge on any atom is 0.489 e. The smallest absolute Gasteiger partial charge is 0.443 e. The van der Waals surface area contributed by atoms with Gasteiger partial charge >= 0.3 is 13.2 Å². The fourth-order valence-electron chi connectivity index (χ4n) is 1.89. The predicted octanol–water partition coefficient (Wildman–Crippen LogP) is 1.10. The lowest BCUT2D eigenvalue weighted by molar-refractivity contribution is 0.0544. The first kappa shape index (κ1) is 13.6. The third-order valence-corrected chi connectivity index (χ3v) is 2.64. The lowest BCUT2D eigenvalue weighted by Crippen LogP contribution is -2.30. The summed E-state index contributed by atoms with van der Waals surface area (Å²) in [5, 5.41) is 19.2. The molecular weight excluding hydrogens is 245 g/mol. The van der Waals surface area contributed by atoms with Gasteiger partial charge in [0.05, 0.1) is 5.52 Å². The lowest BCUT2D eigenvalue weighted by atomic mass is 9.78. The van der Waals surface area contributed by atoms with Crippen LogP contribution in [-0.4, -0.2) is 33.4 Å². The fraction of sp³-hybridized carbons (Fsp3) is 0.308. The molecule has 0 fully saturated rings. The van der Waals surface area contributed by atoms with Crippen LogP contribution >= 0.6 is 0 Å². The van der Waals surface area contributed by atoms with Gasteiger partial charge in [-0.2, -0.15) is 0 Å². The Morgan fingerprint density at radius 1 is 1.26 bits per heavy atom. The molecule has 1 aromatic heterocycles. The maximum atomic E-state index is 12.0. The molecule has 0 spiro atoms. The molecule has 6 heteroatoms. The van der Waals surface area contributed by atoms with E-state index in [0.717, 1.165) is 0 Å². The minimum absolute atomic E-state index is 0.361. The summed E-state index contributed by atoms with van der Waals surface area (Å²) in [6.45, 7) is 5.37. The zero-order valence-electron chi connectivity index (χ0n) is 11.1. The van der Waals surface area contributed by atoms with E-state index in [1.165, 1.54) is 4.57 Å². The average Bonchev–Trinajstić information content (AvgIpc) is 2.69. The van der Waals surface area contributed by atoms with Gasteiger partial charge in [-0.3, -0.25) is 4.57 Å². The molecule has 1 heterocycles. The maximum absolute atomic E-state index is 12.0. The highest BCUT2D eigenvalue weighted by Crippen LogP contribution is 2.16. The average molecular weight is 261 g/mol. The quantitative estimate of drug-likeness (QED) is 0.754. The topological polar surface area (TPSA) is 71.7 Å². The normalized spacial score (nSPS) is 11.6. The standard InChI is InChI=1S/C13H16BNO4/c1-13(2,3)19-12(16)15-8-7-9-10(14(17)18)5-4-6-11(9)15/h4-8,17-18H,1-3H3. The molecule has 2 rings (SSSR count). The fourth-order valence-corrected chi connectivity index (χ4v) is 1.89. The van der Waals surface area contributed by atoms with E-state index in [9.17, 15) is 14.8 Å². The summed E-state index contributed by atoms with van der Waals surface area (Å²) in [7, 11) is -1.57. The molecule has 0 saturated carbocycles. The highest BCUT2D eigenvalue weighted by Gasteiger charge is 2.21. The van der Waals surface area contributed by atoms with Gasteiger partial charge in [-0.1, -0.05) is 12.1 Å². The van der Waals surface area contributed by atoms with Crippen LogP contribution < -0.4 is 5.46 Å². The molecule has 0 atom stereocenters. The van der Waals surface area contributed by atoms with Crippen molar-refractivity contribution in [2.24, 2.45) is 0 Å². The van der Waals surface area contributed by atoms with Crippen molar-refractivity contribution in [2.75, 3.05) is 0 Å². The number of hydrogen-bond donors (Lipinski definition) is 2. The van der Waals surface area contributed by atoms with Crippen molar-refractivity contribution >= 4 is 29.6 Å². The number of ether oxygens (including phenoxy) is 1. The van der Waals surface area contributed by atoms with Crippen LogP contribution in [0, 0.1) is 0 Å². The van der Waals surface area contributed by atoms with Gasteiger partial charge in [0.15, 0.2) is 0 Å². The Balaban J connectivity index is 2.47. The lowest BCUT2D eigenvalue weighted by Gasteiger charge is -2.19. The third-order valence-electron chi connectivity index (χ3n) is 2.64. The monoisotopic (exact) mass is 261 g/mol. The van der Waals surface area contributed by atoms with Gasteiger partial charge in [0.2, 0.25) is 0 Å². The molecule has 0 aliphatic carbocycles. The number of rotatable bonds is 1. The van der Waals surface area contributed by atoms with Crippen LogP contribution in [0.4, 0.5) is 4.79 Å². The first-order valence-corrected chi connectivity index (χ1v) is 5.99. The Morgan fingerprint density at radius 2 is 1.95 bits per heavy atom. The summed E-state index contributed by atoms with van der Waals surface area (Å²) >= 11 is 0. The predicted molar refractivity (Wildman–Crippen MR) is 73.4 cm³/mol. The minimum atomic E-state index is -1.57. The van der Waals surface area contributed by atoms with E-state index in [0.29, 0.717) is 16.4 Å². The van der Waals surface area contributed by atoms with Crippen LogP contribution in [0.2, 0.25) is 0 Å². The van der Waals surface area contributed by atoms with Crippen molar-refractivity contribution < 1.29 is 19.6 Å². The zero-order chi connectivity index (χ0) is 14.2. The molecule has 0 radical (unpaired) electrons. The van der Waals surface area contributed by atoms with Gasteiger partial charge in [-0.05, 0) is 43.8 Å². The Labute approximate surface area is 111 Å². The van der Waals surface area contributed by atoms with Gasteiger partial charge in [0.25, 0.3) is 0 Å². The van der Waals surface area contributed by atoms with E-state index < -0.39 is 18.8 Å². The molecule has 5 nitrogen and oxygen atoms in total. The van der Waals surface area contributed by atoms with Crippen molar-refractivity contribution in [3.63, 3.8) is 0 Å². The van der Waals surface area contributed by atoms with Crippen molar-refractivity contribution in [3.05, 3.63) is 30.5 Å².